The van der Waals surface area contributed by atoms with E-state index in [2.05, 4.69) is 16.8 Å². The number of rotatable bonds is 8. The van der Waals surface area contributed by atoms with E-state index in [-0.39, 0.29) is 23.8 Å². The summed E-state index contributed by atoms with van der Waals surface area (Å²) in [7, 11) is 0. The number of carbonyl (C=O) groups is 1. The van der Waals surface area contributed by atoms with Crippen LogP contribution in [0.2, 0.25) is 0 Å². The minimum absolute atomic E-state index is 0.149. The van der Waals surface area contributed by atoms with Gasteiger partial charge in [-0.1, -0.05) is 48.6 Å². The number of imidazole rings is 1. The van der Waals surface area contributed by atoms with Crippen LogP contribution in [0.3, 0.4) is 0 Å². The summed E-state index contributed by atoms with van der Waals surface area (Å²) in [6.45, 7) is 15.2. The maximum absolute atomic E-state index is 13.9. The van der Waals surface area contributed by atoms with Crippen LogP contribution in [0.25, 0.3) is 17.4 Å². The topological polar surface area (TPSA) is 103 Å². The average Bonchev–Trinajstić information content (AvgIpc) is 3.26. The first kappa shape index (κ1) is 28.9. The minimum Gasteiger partial charge on any atom is -0.444 e. The second kappa shape index (κ2) is 12.0. The fraction of sp³-hybridized carbons (Fsp3) is 0.467. The Labute approximate surface area is 234 Å². The number of carbonyl (C=O) groups excluding carboxylic acids is 1. The highest BCUT2D eigenvalue weighted by atomic mass is 16.6. The first-order valence-electron chi connectivity index (χ1n) is 13.8. The van der Waals surface area contributed by atoms with Crippen molar-refractivity contribution in [1.29, 1.82) is 0 Å². The lowest BCUT2D eigenvalue weighted by Gasteiger charge is -2.34. The molecule has 40 heavy (non-hydrogen) atoms. The van der Waals surface area contributed by atoms with Gasteiger partial charge in [0.2, 0.25) is 5.95 Å². The third kappa shape index (κ3) is 6.55. The van der Waals surface area contributed by atoms with Gasteiger partial charge in [-0.25, -0.2) is 9.59 Å². The van der Waals surface area contributed by atoms with Gasteiger partial charge in [0.05, 0.1) is 0 Å². The van der Waals surface area contributed by atoms with Gasteiger partial charge in [-0.05, 0) is 59.4 Å². The standard InChI is InChI=1S/C30H40N6O4/c1-7-34-25-24(26(37)36(29(34)39)19-16-22-12-9-8-10-13-22)35(18-15-21(2)3)27(32-25)33-17-11-14-23(20-33)31-28(38)40-30(4,5)6/h7-10,12-13,15,23H,1,11,14,16-20H2,2-6H3,(H,31,38). The van der Waals surface area contributed by atoms with E-state index >= 15 is 0 Å². The molecule has 10 nitrogen and oxygen atoms in total. The number of nitrogens with zero attached hydrogens (tertiary/aromatic N) is 5. The smallest absolute Gasteiger partial charge is 0.407 e. The van der Waals surface area contributed by atoms with Gasteiger partial charge in [0.1, 0.15) is 5.60 Å². The molecule has 1 aliphatic rings. The van der Waals surface area contributed by atoms with Crippen LogP contribution in [-0.2, 0) is 24.2 Å². The number of ether oxygens (including phenoxy) is 1. The van der Waals surface area contributed by atoms with Crippen LogP contribution in [0.1, 0.15) is 53.0 Å². The molecule has 1 aromatic carbocycles. The third-order valence-electron chi connectivity index (χ3n) is 6.80. The van der Waals surface area contributed by atoms with Crippen molar-refractivity contribution in [1.82, 2.24) is 24.0 Å². The van der Waals surface area contributed by atoms with E-state index < -0.39 is 17.4 Å². The van der Waals surface area contributed by atoms with Crippen molar-refractivity contribution in [2.45, 2.75) is 78.6 Å². The highest BCUT2D eigenvalue weighted by Crippen LogP contribution is 2.24. The van der Waals surface area contributed by atoms with E-state index in [1.54, 1.807) is 0 Å². The first-order chi connectivity index (χ1) is 19.0. The van der Waals surface area contributed by atoms with E-state index in [9.17, 15) is 14.4 Å². The molecule has 0 aliphatic carbocycles. The summed E-state index contributed by atoms with van der Waals surface area (Å²) in [5, 5.41) is 2.97. The fourth-order valence-electron chi connectivity index (χ4n) is 4.93. The predicted molar refractivity (Wildman–Crippen MR) is 159 cm³/mol. The molecule has 214 valence electrons. The molecule has 1 fully saturated rings. The van der Waals surface area contributed by atoms with E-state index in [1.165, 1.54) is 15.3 Å². The summed E-state index contributed by atoms with van der Waals surface area (Å²) < 4.78 is 9.95. The minimum atomic E-state index is -0.592. The molecule has 1 atom stereocenters. The molecule has 0 bridgehead atoms. The van der Waals surface area contributed by atoms with Crippen LogP contribution in [0, 0.1) is 0 Å². The van der Waals surface area contributed by atoms with Crippen LogP contribution >= 0.6 is 0 Å². The Morgan fingerprint density at radius 3 is 2.55 bits per heavy atom. The third-order valence-corrected chi connectivity index (χ3v) is 6.80. The number of hydrogen-bond acceptors (Lipinski definition) is 6. The fourth-order valence-corrected chi connectivity index (χ4v) is 4.93. The molecule has 0 saturated carbocycles. The molecular formula is C30H40N6O4. The number of nitrogens with one attached hydrogen (secondary N) is 1. The highest BCUT2D eigenvalue weighted by Gasteiger charge is 2.29. The second-order valence-corrected chi connectivity index (χ2v) is 11.4. The summed E-state index contributed by atoms with van der Waals surface area (Å²) in [6.07, 6.45) is 5.14. The van der Waals surface area contributed by atoms with Gasteiger partial charge >= 0.3 is 11.8 Å². The van der Waals surface area contributed by atoms with Crippen LogP contribution in [0.4, 0.5) is 10.7 Å². The molecule has 0 spiro atoms. The van der Waals surface area contributed by atoms with Crippen molar-refractivity contribution in [2.24, 2.45) is 0 Å². The molecule has 3 heterocycles. The maximum atomic E-state index is 13.9. The molecule has 1 saturated heterocycles. The summed E-state index contributed by atoms with van der Waals surface area (Å²) in [5.41, 5.74) is 1.32. The molecule has 0 radical (unpaired) electrons. The number of amides is 1. The predicted octanol–water partition coefficient (Wildman–Crippen LogP) is 4.16. The van der Waals surface area contributed by atoms with E-state index in [0.29, 0.717) is 37.5 Å². The van der Waals surface area contributed by atoms with Gasteiger partial charge in [0.25, 0.3) is 5.56 Å². The van der Waals surface area contributed by atoms with Crippen LogP contribution in [0.5, 0.6) is 0 Å². The van der Waals surface area contributed by atoms with Crippen molar-refractivity contribution in [3.05, 3.63) is 75.0 Å². The number of allylic oxidation sites excluding steroid dienone is 2. The number of benzene rings is 1. The lowest BCUT2D eigenvalue weighted by molar-refractivity contribution is 0.0499. The zero-order valence-electron chi connectivity index (χ0n) is 24.1. The highest BCUT2D eigenvalue weighted by molar-refractivity contribution is 5.76. The maximum Gasteiger partial charge on any atom is 0.407 e. The molecule has 10 heteroatoms. The van der Waals surface area contributed by atoms with Crippen molar-refractivity contribution < 1.29 is 9.53 Å². The Kier molecular flexibility index (Phi) is 8.66. The first-order valence-corrected chi connectivity index (χ1v) is 13.8. The number of anilines is 1. The van der Waals surface area contributed by atoms with Crippen molar-refractivity contribution in [2.75, 3.05) is 18.0 Å². The second-order valence-electron chi connectivity index (χ2n) is 11.4. The largest absolute Gasteiger partial charge is 0.444 e. The summed E-state index contributed by atoms with van der Waals surface area (Å²) >= 11 is 0. The van der Waals surface area contributed by atoms with Gasteiger partial charge in [0.15, 0.2) is 11.2 Å². The Morgan fingerprint density at radius 1 is 1.18 bits per heavy atom. The monoisotopic (exact) mass is 548 g/mol. The van der Waals surface area contributed by atoms with Crippen LogP contribution in [0.15, 0.2) is 58.1 Å². The molecule has 1 aliphatic heterocycles. The Balaban J connectivity index is 1.76. The van der Waals surface area contributed by atoms with Crippen LogP contribution < -0.4 is 21.5 Å². The zero-order chi connectivity index (χ0) is 29.0. The van der Waals surface area contributed by atoms with Gasteiger partial charge in [0, 0.05) is 38.4 Å². The Hall–Kier alpha value is -4.08. The zero-order valence-corrected chi connectivity index (χ0v) is 24.1. The summed E-state index contributed by atoms with van der Waals surface area (Å²) in [4.78, 5) is 46.7. The van der Waals surface area contributed by atoms with Gasteiger partial charge in [-0.3, -0.25) is 13.9 Å². The van der Waals surface area contributed by atoms with Gasteiger partial charge < -0.3 is 19.5 Å². The Morgan fingerprint density at radius 2 is 1.90 bits per heavy atom. The molecule has 1 unspecified atom stereocenters. The average molecular weight is 549 g/mol. The van der Waals surface area contributed by atoms with E-state index in [1.807, 2.05) is 75.6 Å². The van der Waals surface area contributed by atoms with Gasteiger partial charge in [-0.15, -0.1) is 0 Å². The normalized spacial score (nSPS) is 15.6. The SMILES string of the molecule is C=Cn1c(=O)n(CCc2ccccc2)c(=O)c2c1nc(N1CCCC(NC(=O)OC(C)(C)C)C1)n2CC=C(C)C. The summed E-state index contributed by atoms with van der Waals surface area (Å²) in [5.74, 6) is 0.580. The molecule has 2 aromatic heterocycles. The van der Waals surface area contributed by atoms with Crippen LogP contribution in [-0.4, -0.2) is 49.5 Å². The molecule has 1 amide bonds. The number of aromatic nitrogens is 4. The van der Waals surface area contributed by atoms with Crippen molar-refractivity contribution >= 4 is 29.4 Å². The number of piperidine rings is 1. The lowest BCUT2D eigenvalue weighted by Crippen LogP contribution is -2.49. The molecule has 4 rings (SSSR count). The van der Waals surface area contributed by atoms with Crippen molar-refractivity contribution in [3.8, 4) is 0 Å². The number of hydrogen-bond donors (Lipinski definition) is 1. The molecular weight excluding hydrogens is 508 g/mol. The van der Waals surface area contributed by atoms with Gasteiger partial charge in [-0.2, -0.15) is 4.98 Å². The van der Waals surface area contributed by atoms with E-state index in [4.69, 9.17) is 9.72 Å². The molecule has 3 aromatic rings. The number of fused-ring (bicyclic) bond motifs is 1. The quantitative estimate of drug-likeness (QED) is 0.424. The molecule has 1 N–H and O–H groups in total. The van der Waals surface area contributed by atoms with E-state index in [0.717, 1.165) is 24.0 Å². The number of aryl methyl sites for hydroxylation is 1. The summed E-state index contributed by atoms with van der Waals surface area (Å²) in [6, 6.07) is 9.62. The van der Waals surface area contributed by atoms with Crippen molar-refractivity contribution in [3.63, 3.8) is 0 Å². The lowest BCUT2D eigenvalue weighted by atomic mass is 10.1. The number of alkyl carbamates (subject to hydrolysis) is 1. The Bertz CT molecular complexity index is 1520.